The van der Waals surface area contributed by atoms with Crippen molar-refractivity contribution >= 4 is 12.2 Å². The quantitative estimate of drug-likeness (QED) is 0.630. The van der Waals surface area contributed by atoms with Crippen molar-refractivity contribution in [3.63, 3.8) is 0 Å². The second-order valence-corrected chi connectivity index (χ2v) is 2.33. The molecule has 5 heteroatoms. The number of aryl methyl sites for hydroxylation is 1. The van der Waals surface area contributed by atoms with Gasteiger partial charge in [-0.05, 0) is 0 Å². The van der Waals surface area contributed by atoms with E-state index >= 15 is 0 Å². The summed E-state index contributed by atoms with van der Waals surface area (Å²) in [7, 11) is 1.59. The van der Waals surface area contributed by atoms with E-state index in [0.29, 0.717) is 4.64 Å². The van der Waals surface area contributed by atoms with Crippen molar-refractivity contribution in [2.45, 2.75) is 6.43 Å². The number of nitrogens with one attached hydrogen (secondary N) is 1. The lowest BCUT2D eigenvalue weighted by atomic mass is 10.5. The second kappa shape index (κ2) is 2.49. The van der Waals surface area contributed by atoms with Gasteiger partial charge in [0.1, 0.15) is 10.3 Å². The van der Waals surface area contributed by atoms with Crippen LogP contribution in [0.25, 0.3) is 0 Å². The summed E-state index contributed by atoms with van der Waals surface area (Å²) < 4.78 is 25.5. The third-order valence-electron chi connectivity index (χ3n) is 1.14. The molecule has 0 radical (unpaired) electrons. The molecule has 0 spiro atoms. The molecule has 0 atom stereocenters. The molecule has 0 bridgehead atoms. The van der Waals surface area contributed by atoms with Crippen molar-refractivity contribution in [1.82, 2.24) is 9.78 Å². The first-order valence-electron chi connectivity index (χ1n) is 2.65. The first kappa shape index (κ1) is 7.40. The Kier molecular flexibility index (Phi) is 1.85. The maximum atomic E-state index is 11.9. The molecule has 0 saturated carbocycles. The fourth-order valence-corrected chi connectivity index (χ4v) is 0.795. The minimum Gasteiger partial charge on any atom is -0.296 e. The summed E-state index contributed by atoms with van der Waals surface area (Å²) in [5, 5.41) is 2.41. The fourth-order valence-electron chi connectivity index (χ4n) is 0.623. The number of rotatable bonds is 1. The van der Waals surface area contributed by atoms with Gasteiger partial charge in [-0.1, -0.05) is 12.2 Å². The lowest BCUT2D eigenvalue weighted by molar-refractivity contribution is 0.145. The number of aromatic amines is 1. The van der Waals surface area contributed by atoms with Crippen LogP contribution in [0.3, 0.4) is 0 Å². The topological polar surface area (TPSA) is 20.7 Å². The van der Waals surface area contributed by atoms with Gasteiger partial charge in [0.2, 0.25) is 0 Å². The molecule has 1 heterocycles. The Bertz CT molecular complexity index is 275. The van der Waals surface area contributed by atoms with Crippen LogP contribution in [0.15, 0.2) is 6.07 Å². The number of alkyl halides is 2. The Labute approximate surface area is 61.5 Å². The van der Waals surface area contributed by atoms with Gasteiger partial charge in [-0.3, -0.25) is 9.78 Å². The van der Waals surface area contributed by atoms with Crippen molar-refractivity contribution in [2.24, 2.45) is 7.05 Å². The van der Waals surface area contributed by atoms with E-state index in [2.05, 4.69) is 5.10 Å². The molecule has 0 fully saturated rings. The highest BCUT2D eigenvalue weighted by Crippen LogP contribution is 2.15. The summed E-state index contributed by atoms with van der Waals surface area (Å²) in [5.41, 5.74) is -0.132. The fraction of sp³-hybridized carbons (Fsp3) is 0.400. The summed E-state index contributed by atoms with van der Waals surface area (Å²) in [5.74, 6) is 0. The van der Waals surface area contributed by atoms with Crippen LogP contribution in [-0.2, 0) is 7.05 Å². The summed E-state index contributed by atoms with van der Waals surface area (Å²) in [6.07, 6.45) is -2.47. The molecule has 0 aliphatic heterocycles. The molecule has 1 aromatic rings. The van der Waals surface area contributed by atoms with Crippen molar-refractivity contribution in [2.75, 3.05) is 0 Å². The van der Waals surface area contributed by atoms with Crippen molar-refractivity contribution in [3.8, 4) is 0 Å². The smallest absolute Gasteiger partial charge is 0.279 e. The summed E-state index contributed by atoms with van der Waals surface area (Å²) in [4.78, 5) is 0. The molecular weight excluding hydrogens is 158 g/mol. The molecule has 0 aliphatic rings. The van der Waals surface area contributed by atoms with E-state index < -0.39 is 6.43 Å². The van der Waals surface area contributed by atoms with Crippen LogP contribution in [0.4, 0.5) is 8.78 Å². The Morgan fingerprint density at radius 1 is 1.70 bits per heavy atom. The number of aromatic nitrogens is 2. The van der Waals surface area contributed by atoms with Crippen LogP contribution in [-0.4, -0.2) is 9.78 Å². The monoisotopic (exact) mass is 164 g/mol. The number of H-pyrrole nitrogens is 1. The van der Waals surface area contributed by atoms with Crippen LogP contribution in [0, 0.1) is 4.64 Å². The van der Waals surface area contributed by atoms with Crippen molar-refractivity contribution in [3.05, 3.63) is 16.4 Å². The first-order valence-corrected chi connectivity index (χ1v) is 3.06. The minimum atomic E-state index is -2.47. The van der Waals surface area contributed by atoms with Gasteiger partial charge in [-0.2, -0.15) is 0 Å². The predicted octanol–water partition coefficient (Wildman–Crippen LogP) is 2.02. The Hall–Kier alpha value is -0.710. The van der Waals surface area contributed by atoms with E-state index in [0.717, 1.165) is 0 Å². The SMILES string of the molecule is Cn1[nH]c(C(F)F)cc1=S. The molecule has 0 aliphatic carbocycles. The lowest BCUT2D eigenvalue weighted by Gasteiger charge is -1.91. The predicted molar refractivity (Wildman–Crippen MR) is 35.6 cm³/mol. The number of nitrogens with zero attached hydrogens (tertiary/aromatic N) is 1. The minimum absolute atomic E-state index is 0.132. The van der Waals surface area contributed by atoms with Gasteiger partial charge in [0.15, 0.2) is 0 Å². The van der Waals surface area contributed by atoms with Gasteiger partial charge in [0, 0.05) is 13.1 Å². The molecule has 0 unspecified atom stereocenters. The van der Waals surface area contributed by atoms with Crippen LogP contribution in [0.2, 0.25) is 0 Å². The van der Waals surface area contributed by atoms with E-state index in [1.165, 1.54) is 10.7 Å². The van der Waals surface area contributed by atoms with E-state index in [1.807, 2.05) is 0 Å². The zero-order valence-corrected chi connectivity index (χ0v) is 6.08. The largest absolute Gasteiger partial charge is 0.296 e. The highest BCUT2D eigenvalue weighted by Gasteiger charge is 2.08. The number of hydrogen-bond acceptors (Lipinski definition) is 1. The average molecular weight is 164 g/mol. The van der Waals surface area contributed by atoms with Gasteiger partial charge >= 0.3 is 0 Å². The van der Waals surface area contributed by atoms with E-state index in [-0.39, 0.29) is 5.69 Å². The van der Waals surface area contributed by atoms with Crippen LogP contribution >= 0.6 is 12.2 Å². The summed E-state index contributed by atoms with van der Waals surface area (Å²) in [6, 6.07) is 1.25. The summed E-state index contributed by atoms with van der Waals surface area (Å²) >= 11 is 4.69. The zero-order valence-electron chi connectivity index (χ0n) is 5.27. The zero-order chi connectivity index (χ0) is 7.72. The molecule has 1 N–H and O–H groups in total. The molecule has 0 amide bonds. The highest BCUT2D eigenvalue weighted by molar-refractivity contribution is 7.71. The lowest BCUT2D eigenvalue weighted by Crippen LogP contribution is -1.91. The van der Waals surface area contributed by atoms with Gasteiger partial charge in [0.05, 0.1) is 0 Å². The van der Waals surface area contributed by atoms with Crippen molar-refractivity contribution in [1.29, 1.82) is 0 Å². The molecule has 10 heavy (non-hydrogen) atoms. The van der Waals surface area contributed by atoms with Crippen molar-refractivity contribution < 1.29 is 8.78 Å². The van der Waals surface area contributed by atoms with Crippen LogP contribution in [0.1, 0.15) is 12.1 Å². The van der Waals surface area contributed by atoms with Crippen LogP contribution in [0.5, 0.6) is 0 Å². The maximum Gasteiger partial charge on any atom is 0.279 e. The molecular formula is C5H6F2N2S. The second-order valence-electron chi connectivity index (χ2n) is 1.91. The number of hydrogen-bond donors (Lipinski definition) is 1. The van der Waals surface area contributed by atoms with E-state index in [9.17, 15) is 8.78 Å². The molecule has 1 aromatic heterocycles. The Morgan fingerprint density at radius 3 is 2.50 bits per heavy atom. The van der Waals surface area contributed by atoms with E-state index in [4.69, 9.17) is 12.2 Å². The average Bonchev–Trinajstić information content (AvgIpc) is 2.13. The molecule has 1 rings (SSSR count). The molecule has 56 valence electrons. The maximum absolute atomic E-state index is 11.9. The number of halogens is 2. The third kappa shape index (κ3) is 1.23. The molecule has 2 nitrogen and oxygen atoms in total. The Balaban J connectivity index is 3.10. The highest BCUT2D eigenvalue weighted by atomic mass is 32.1. The Morgan fingerprint density at radius 2 is 2.30 bits per heavy atom. The van der Waals surface area contributed by atoms with Gasteiger partial charge < -0.3 is 0 Å². The summed E-state index contributed by atoms with van der Waals surface area (Å²) in [6.45, 7) is 0. The first-order chi connectivity index (χ1) is 4.61. The normalized spacial score (nSPS) is 10.8. The standard InChI is InChI=1S/C5H6F2N2S/c1-9-4(10)2-3(8-9)5(6)7/h2,5,8H,1H3. The van der Waals surface area contributed by atoms with Crippen LogP contribution < -0.4 is 0 Å². The van der Waals surface area contributed by atoms with Gasteiger partial charge in [-0.25, -0.2) is 8.78 Å². The van der Waals surface area contributed by atoms with Gasteiger partial charge in [0.25, 0.3) is 6.43 Å². The van der Waals surface area contributed by atoms with E-state index in [1.54, 1.807) is 7.05 Å². The van der Waals surface area contributed by atoms with Gasteiger partial charge in [-0.15, -0.1) is 0 Å². The molecule has 0 aromatic carbocycles. The third-order valence-corrected chi connectivity index (χ3v) is 1.53. The molecule has 0 saturated heterocycles.